The predicted octanol–water partition coefficient (Wildman–Crippen LogP) is 1.47. The van der Waals surface area contributed by atoms with Crippen molar-refractivity contribution in [1.29, 1.82) is 0 Å². The van der Waals surface area contributed by atoms with Gasteiger partial charge in [-0.2, -0.15) is 5.10 Å². The van der Waals surface area contributed by atoms with Crippen molar-refractivity contribution in [1.82, 2.24) is 10.2 Å². The molecule has 0 bridgehead atoms. The van der Waals surface area contributed by atoms with Crippen molar-refractivity contribution >= 4 is 0 Å². The van der Waals surface area contributed by atoms with E-state index in [-0.39, 0.29) is 0 Å². The van der Waals surface area contributed by atoms with Gasteiger partial charge < -0.3 is 10.5 Å². The van der Waals surface area contributed by atoms with Gasteiger partial charge in [0.2, 0.25) is 0 Å². The summed E-state index contributed by atoms with van der Waals surface area (Å²) in [6, 6.07) is 7.97. The molecule has 0 amide bonds. The molecule has 3 N–H and O–H groups in total. The van der Waals surface area contributed by atoms with Gasteiger partial charge in [0.1, 0.15) is 5.75 Å². The average molecular weight is 215 g/mol. The monoisotopic (exact) mass is 215 g/mol. The zero-order valence-electron chi connectivity index (χ0n) is 8.86. The highest BCUT2D eigenvalue weighted by Crippen LogP contribution is 2.34. The molecule has 0 atom stereocenters. The highest BCUT2D eigenvalue weighted by molar-refractivity contribution is 5.71. The van der Waals surface area contributed by atoms with E-state index >= 15 is 0 Å². The Bertz CT molecular complexity index is 519. The molecule has 0 radical (unpaired) electrons. The van der Waals surface area contributed by atoms with Crippen LogP contribution in [0, 0.1) is 0 Å². The number of fused-ring (bicyclic) bond motifs is 3. The van der Waals surface area contributed by atoms with E-state index in [2.05, 4.69) is 10.2 Å². The fourth-order valence-electron chi connectivity index (χ4n) is 2.11. The minimum Gasteiger partial charge on any atom is -0.493 e. The van der Waals surface area contributed by atoms with Crippen molar-refractivity contribution in [3.8, 4) is 17.0 Å². The summed E-state index contributed by atoms with van der Waals surface area (Å²) in [7, 11) is 0. The molecule has 2 heterocycles. The van der Waals surface area contributed by atoms with E-state index in [1.807, 2.05) is 24.3 Å². The quantitative estimate of drug-likeness (QED) is 0.757. The number of hydrogen-bond donors (Lipinski definition) is 2. The molecule has 0 unspecified atom stereocenters. The van der Waals surface area contributed by atoms with Crippen LogP contribution in [0.15, 0.2) is 24.3 Å². The lowest BCUT2D eigenvalue weighted by Gasteiger charge is -2.04. The lowest BCUT2D eigenvalue weighted by molar-refractivity contribution is 0.326. The molecule has 1 aromatic heterocycles. The second-order valence-electron chi connectivity index (χ2n) is 3.83. The molecular formula is C12H13N3O. The fraction of sp³-hybridized carbons (Fsp3) is 0.250. The Morgan fingerprint density at radius 3 is 3.12 bits per heavy atom. The van der Waals surface area contributed by atoms with Gasteiger partial charge in [-0.05, 0) is 12.1 Å². The largest absolute Gasteiger partial charge is 0.493 e. The fourth-order valence-corrected chi connectivity index (χ4v) is 2.11. The first-order chi connectivity index (χ1) is 7.90. The highest BCUT2D eigenvalue weighted by atomic mass is 16.5. The standard InChI is InChI=1S/C12H13N3O/c13-7-10-8-5-6-16-11-4-2-1-3-9(11)12(8)15-14-10/h1-4H,5-7,13H2,(H,14,15). The van der Waals surface area contributed by atoms with E-state index in [9.17, 15) is 0 Å². The molecule has 0 spiro atoms. The Labute approximate surface area is 93.4 Å². The van der Waals surface area contributed by atoms with Gasteiger partial charge >= 0.3 is 0 Å². The van der Waals surface area contributed by atoms with Gasteiger partial charge in [-0.1, -0.05) is 12.1 Å². The summed E-state index contributed by atoms with van der Waals surface area (Å²) in [5.41, 5.74) is 9.90. The topological polar surface area (TPSA) is 63.9 Å². The van der Waals surface area contributed by atoms with Gasteiger partial charge in [0.25, 0.3) is 0 Å². The summed E-state index contributed by atoms with van der Waals surface area (Å²) < 4.78 is 5.69. The van der Waals surface area contributed by atoms with Crippen LogP contribution in [0.1, 0.15) is 11.3 Å². The maximum Gasteiger partial charge on any atom is 0.128 e. The second kappa shape index (κ2) is 3.64. The highest BCUT2D eigenvalue weighted by Gasteiger charge is 2.20. The molecule has 0 fully saturated rings. The molecule has 1 aliphatic heterocycles. The summed E-state index contributed by atoms with van der Waals surface area (Å²) in [5, 5.41) is 7.35. The summed E-state index contributed by atoms with van der Waals surface area (Å²) in [6.45, 7) is 1.17. The van der Waals surface area contributed by atoms with Crippen LogP contribution in [-0.2, 0) is 13.0 Å². The van der Waals surface area contributed by atoms with E-state index in [1.54, 1.807) is 0 Å². The third kappa shape index (κ3) is 1.31. The van der Waals surface area contributed by atoms with Crippen LogP contribution in [0.3, 0.4) is 0 Å². The first kappa shape index (κ1) is 9.42. The second-order valence-corrected chi connectivity index (χ2v) is 3.83. The number of aromatic amines is 1. The van der Waals surface area contributed by atoms with Gasteiger partial charge in [-0.3, -0.25) is 5.10 Å². The van der Waals surface area contributed by atoms with E-state index in [0.29, 0.717) is 13.2 Å². The van der Waals surface area contributed by atoms with Gasteiger partial charge in [-0.25, -0.2) is 0 Å². The van der Waals surface area contributed by atoms with Crippen LogP contribution in [0.5, 0.6) is 5.75 Å². The Morgan fingerprint density at radius 1 is 1.38 bits per heavy atom. The molecule has 82 valence electrons. The van der Waals surface area contributed by atoms with Gasteiger partial charge in [-0.15, -0.1) is 0 Å². The van der Waals surface area contributed by atoms with Crippen molar-refractivity contribution in [2.45, 2.75) is 13.0 Å². The van der Waals surface area contributed by atoms with Crippen LogP contribution in [0.25, 0.3) is 11.3 Å². The zero-order chi connectivity index (χ0) is 11.0. The molecule has 1 aromatic carbocycles. The number of benzene rings is 1. The molecule has 3 rings (SSSR count). The number of aromatic nitrogens is 2. The Morgan fingerprint density at radius 2 is 2.25 bits per heavy atom. The van der Waals surface area contributed by atoms with Crippen molar-refractivity contribution in [2.24, 2.45) is 5.73 Å². The van der Waals surface area contributed by atoms with Gasteiger partial charge in [0.15, 0.2) is 0 Å². The Kier molecular flexibility index (Phi) is 2.15. The number of rotatable bonds is 1. The third-order valence-electron chi connectivity index (χ3n) is 2.91. The van der Waals surface area contributed by atoms with Crippen LogP contribution in [0.2, 0.25) is 0 Å². The average Bonchev–Trinajstić information content (AvgIpc) is 2.64. The van der Waals surface area contributed by atoms with Crippen LogP contribution in [0.4, 0.5) is 0 Å². The van der Waals surface area contributed by atoms with E-state index in [4.69, 9.17) is 10.5 Å². The molecule has 16 heavy (non-hydrogen) atoms. The third-order valence-corrected chi connectivity index (χ3v) is 2.91. The number of H-pyrrole nitrogens is 1. The predicted molar refractivity (Wildman–Crippen MR) is 61.1 cm³/mol. The lowest BCUT2D eigenvalue weighted by atomic mass is 10.0. The van der Waals surface area contributed by atoms with Crippen LogP contribution < -0.4 is 10.5 Å². The molecule has 4 nitrogen and oxygen atoms in total. The van der Waals surface area contributed by atoms with E-state index in [1.165, 1.54) is 5.56 Å². The Hall–Kier alpha value is -1.81. The maximum absolute atomic E-state index is 5.69. The molecule has 0 saturated carbocycles. The van der Waals surface area contributed by atoms with Crippen molar-refractivity contribution < 1.29 is 4.74 Å². The normalized spacial score (nSPS) is 13.6. The van der Waals surface area contributed by atoms with Crippen molar-refractivity contribution in [2.75, 3.05) is 6.61 Å². The molecule has 4 heteroatoms. The molecule has 1 aliphatic rings. The molecule has 2 aromatic rings. The summed E-state index contributed by atoms with van der Waals surface area (Å²) in [6.07, 6.45) is 0.854. The number of nitrogens with one attached hydrogen (secondary N) is 1. The van der Waals surface area contributed by atoms with E-state index < -0.39 is 0 Å². The number of ether oxygens (including phenoxy) is 1. The number of hydrogen-bond acceptors (Lipinski definition) is 3. The van der Waals surface area contributed by atoms with Crippen LogP contribution in [-0.4, -0.2) is 16.8 Å². The maximum atomic E-state index is 5.69. The van der Waals surface area contributed by atoms with Crippen molar-refractivity contribution in [3.05, 3.63) is 35.5 Å². The summed E-state index contributed by atoms with van der Waals surface area (Å²) >= 11 is 0. The zero-order valence-corrected chi connectivity index (χ0v) is 8.86. The van der Waals surface area contributed by atoms with Gasteiger partial charge in [0.05, 0.1) is 18.0 Å². The SMILES string of the molecule is NCc1[nH]nc2c1CCOc1ccccc1-2. The minimum absolute atomic E-state index is 0.491. The van der Waals surface area contributed by atoms with E-state index in [0.717, 1.165) is 29.1 Å². The summed E-state index contributed by atoms with van der Waals surface area (Å²) in [5.74, 6) is 0.899. The number of nitrogens with zero attached hydrogens (tertiary/aromatic N) is 1. The first-order valence-corrected chi connectivity index (χ1v) is 5.38. The minimum atomic E-state index is 0.491. The Balaban J connectivity index is 2.22. The van der Waals surface area contributed by atoms with Gasteiger partial charge in [0, 0.05) is 24.1 Å². The number of nitrogens with two attached hydrogens (primary N) is 1. The first-order valence-electron chi connectivity index (χ1n) is 5.38. The molecular weight excluding hydrogens is 202 g/mol. The number of para-hydroxylation sites is 1. The van der Waals surface area contributed by atoms with Crippen molar-refractivity contribution in [3.63, 3.8) is 0 Å². The summed E-state index contributed by atoms with van der Waals surface area (Å²) in [4.78, 5) is 0. The molecule has 0 saturated heterocycles. The lowest BCUT2D eigenvalue weighted by Crippen LogP contribution is -2.04. The molecule has 0 aliphatic carbocycles. The smallest absolute Gasteiger partial charge is 0.128 e. The van der Waals surface area contributed by atoms with Crippen LogP contribution >= 0.6 is 0 Å².